The summed E-state index contributed by atoms with van der Waals surface area (Å²) in [5, 5.41) is 40.0. The number of rotatable bonds is 36. The summed E-state index contributed by atoms with van der Waals surface area (Å²) in [6, 6.07) is 0. The Balaban J connectivity index is 2.30. The van der Waals surface area contributed by atoms with Crippen LogP contribution in [0.15, 0.2) is 0 Å². The van der Waals surface area contributed by atoms with Gasteiger partial charge < -0.3 is 39.4 Å². The molecule has 0 aromatic heterocycles. The van der Waals surface area contributed by atoms with Crippen LogP contribution in [0.5, 0.6) is 0 Å². The minimum Gasteiger partial charge on any atom is -0.462 e. The molecule has 1 saturated heterocycles. The van der Waals surface area contributed by atoms with Crippen LogP contribution in [-0.2, 0) is 28.5 Å². The molecule has 1 rings (SSSR count). The van der Waals surface area contributed by atoms with Crippen molar-refractivity contribution in [1.29, 1.82) is 0 Å². The van der Waals surface area contributed by atoms with Gasteiger partial charge in [0, 0.05) is 12.8 Å². The minimum atomic E-state index is -1.59. The zero-order valence-corrected chi connectivity index (χ0v) is 33.3. The molecule has 6 atom stereocenters. The van der Waals surface area contributed by atoms with Crippen molar-refractivity contribution in [2.45, 2.75) is 237 Å². The lowest BCUT2D eigenvalue weighted by molar-refractivity contribution is -0.305. The molecule has 0 bridgehead atoms. The first-order valence-corrected chi connectivity index (χ1v) is 21.6. The molecule has 10 heteroatoms. The SMILES string of the molecule is CCCCCCCCCCCCCCCCCCCC(=O)OC[C@@H](CO[C@H]1O[C@@H](CO)[C@@H](O)C(O)C1O)OC(=O)CCCCCCCCCCCC. The highest BCUT2D eigenvalue weighted by atomic mass is 16.7. The van der Waals surface area contributed by atoms with Crippen LogP contribution in [0.4, 0.5) is 0 Å². The van der Waals surface area contributed by atoms with Crippen molar-refractivity contribution in [1.82, 2.24) is 0 Å². The number of hydrogen-bond acceptors (Lipinski definition) is 10. The Morgan fingerprint density at radius 3 is 1.31 bits per heavy atom. The summed E-state index contributed by atoms with van der Waals surface area (Å²) in [6.45, 7) is 3.42. The molecule has 0 aliphatic carbocycles. The number of carbonyl (C=O) groups is 2. The molecule has 10 nitrogen and oxygen atoms in total. The van der Waals surface area contributed by atoms with Gasteiger partial charge in [0.1, 0.15) is 31.0 Å². The Kier molecular flexibility index (Phi) is 32.1. The number of hydrogen-bond donors (Lipinski definition) is 4. The van der Waals surface area contributed by atoms with Crippen molar-refractivity contribution < 1.29 is 49.0 Å². The first-order chi connectivity index (χ1) is 25.3. The minimum absolute atomic E-state index is 0.209. The van der Waals surface area contributed by atoms with Crippen molar-refractivity contribution in [2.75, 3.05) is 19.8 Å². The molecule has 0 saturated carbocycles. The third-order valence-corrected chi connectivity index (χ3v) is 10.2. The van der Waals surface area contributed by atoms with E-state index >= 15 is 0 Å². The summed E-state index contributed by atoms with van der Waals surface area (Å²) in [5.74, 6) is -0.796. The van der Waals surface area contributed by atoms with Gasteiger partial charge in [-0.1, -0.05) is 174 Å². The van der Waals surface area contributed by atoms with Gasteiger partial charge in [0.2, 0.25) is 0 Å². The van der Waals surface area contributed by atoms with E-state index in [1.165, 1.54) is 128 Å². The van der Waals surface area contributed by atoms with Crippen LogP contribution >= 0.6 is 0 Å². The maximum absolute atomic E-state index is 12.7. The summed E-state index contributed by atoms with van der Waals surface area (Å²) in [4.78, 5) is 25.2. The standard InChI is InChI=1S/C42H80O10/c1-3-5-7-9-11-13-15-16-17-18-19-20-21-23-24-26-28-30-37(44)49-33-35(34-50-42-41(48)40(47)39(46)36(32-43)52-42)51-38(45)31-29-27-25-22-14-12-10-8-6-4-2/h35-36,39-43,46-48H,3-34H2,1-2H3/t35-,36-,39+,40?,41?,42-/m0/s1. The maximum Gasteiger partial charge on any atom is 0.306 e. The molecule has 4 N–H and O–H groups in total. The molecule has 0 radical (unpaired) electrons. The second-order valence-corrected chi connectivity index (χ2v) is 15.2. The Morgan fingerprint density at radius 1 is 0.519 bits per heavy atom. The number of carbonyl (C=O) groups excluding carboxylic acids is 2. The van der Waals surface area contributed by atoms with Gasteiger partial charge >= 0.3 is 11.9 Å². The number of aliphatic hydroxyl groups excluding tert-OH is 4. The molecule has 1 heterocycles. The van der Waals surface area contributed by atoms with Gasteiger partial charge in [0.05, 0.1) is 13.2 Å². The van der Waals surface area contributed by atoms with Crippen molar-refractivity contribution in [3.8, 4) is 0 Å². The van der Waals surface area contributed by atoms with Crippen molar-refractivity contribution in [3.63, 3.8) is 0 Å². The zero-order chi connectivity index (χ0) is 38.1. The van der Waals surface area contributed by atoms with Crippen molar-refractivity contribution in [3.05, 3.63) is 0 Å². The van der Waals surface area contributed by atoms with Gasteiger partial charge in [-0.05, 0) is 12.8 Å². The van der Waals surface area contributed by atoms with Gasteiger partial charge in [-0.3, -0.25) is 9.59 Å². The fourth-order valence-electron chi connectivity index (χ4n) is 6.78. The van der Waals surface area contributed by atoms with Crippen LogP contribution < -0.4 is 0 Å². The first kappa shape index (κ1) is 48.7. The molecule has 0 spiro atoms. The molecular weight excluding hydrogens is 664 g/mol. The highest BCUT2D eigenvalue weighted by Crippen LogP contribution is 2.23. The Hall–Kier alpha value is -1.30. The second-order valence-electron chi connectivity index (χ2n) is 15.2. The molecule has 1 aliphatic rings. The third-order valence-electron chi connectivity index (χ3n) is 10.2. The average Bonchev–Trinajstić information content (AvgIpc) is 3.14. The van der Waals surface area contributed by atoms with E-state index in [9.17, 15) is 30.0 Å². The Bertz CT molecular complexity index is 825. The summed E-state index contributed by atoms with van der Waals surface area (Å²) in [6.07, 6.45) is 25.4. The van der Waals surface area contributed by atoms with E-state index in [0.29, 0.717) is 6.42 Å². The van der Waals surface area contributed by atoms with E-state index in [4.69, 9.17) is 18.9 Å². The van der Waals surface area contributed by atoms with E-state index in [-0.39, 0.29) is 32.0 Å². The van der Waals surface area contributed by atoms with Crippen LogP contribution in [0.1, 0.15) is 200 Å². The normalized spacial score (nSPS) is 20.9. The first-order valence-electron chi connectivity index (χ1n) is 21.6. The lowest BCUT2D eigenvalue weighted by Crippen LogP contribution is -2.59. The predicted molar refractivity (Wildman–Crippen MR) is 206 cm³/mol. The van der Waals surface area contributed by atoms with E-state index in [0.717, 1.165) is 38.5 Å². The van der Waals surface area contributed by atoms with Crippen LogP contribution in [0.25, 0.3) is 0 Å². The van der Waals surface area contributed by atoms with Gasteiger partial charge in [-0.25, -0.2) is 0 Å². The summed E-state index contributed by atoms with van der Waals surface area (Å²) < 4.78 is 22.1. The third kappa shape index (κ3) is 25.7. The number of esters is 2. The quantitative estimate of drug-likeness (QED) is 0.0363. The highest BCUT2D eigenvalue weighted by molar-refractivity contribution is 5.70. The lowest BCUT2D eigenvalue weighted by Gasteiger charge is -2.39. The van der Waals surface area contributed by atoms with E-state index in [2.05, 4.69) is 13.8 Å². The van der Waals surface area contributed by atoms with Crippen molar-refractivity contribution >= 4 is 11.9 Å². The molecule has 0 aromatic rings. The van der Waals surface area contributed by atoms with Gasteiger partial charge in [0.15, 0.2) is 12.4 Å². The molecule has 52 heavy (non-hydrogen) atoms. The maximum atomic E-state index is 12.7. The molecule has 0 amide bonds. The number of aliphatic hydroxyl groups is 4. The van der Waals surface area contributed by atoms with E-state index in [1.807, 2.05) is 0 Å². The lowest BCUT2D eigenvalue weighted by atomic mass is 9.99. The second kappa shape index (κ2) is 34.2. The van der Waals surface area contributed by atoms with Gasteiger partial charge in [0.25, 0.3) is 0 Å². The van der Waals surface area contributed by atoms with Crippen LogP contribution in [0.2, 0.25) is 0 Å². The molecular formula is C42H80O10. The largest absolute Gasteiger partial charge is 0.462 e. The fourth-order valence-corrected chi connectivity index (χ4v) is 6.78. The molecule has 0 aromatic carbocycles. The monoisotopic (exact) mass is 745 g/mol. The molecule has 1 fully saturated rings. The highest BCUT2D eigenvalue weighted by Gasteiger charge is 2.44. The number of ether oxygens (including phenoxy) is 4. The zero-order valence-electron chi connectivity index (χ0n) is 33.3. The smallest absolute Gasteiger partial charge is 0.306 e. The van der Waals surface area contributed by atoms with Crippen LogP contribution in [0, 0.1) is 0 Å². The molecule has 1 aliphatic heterocycles. The Labute approximate surface area is 317 Å². The Morgan fingerprint density at radius 2 is 0.904 bits per heavy atom. The fraction of sp³-hybridized carbons (Fsp3) is 0.952. The van der Waals surface area contributed by atoms with Gasteiger partial charge in [-0.2, -0.15) is 0 Å². The molecule has 308 valence electrons. The summed E-state index contributed by atoms with van der Waals surface area (Å²) in [7, 11) is 0. The van der Waals surface area contributed by atoms with Gasteiger partial charge in [-0.15, -0.1) is 0 Å². The average molecular weight is 745 g/mol. The topological polar surface area (TPSA) is 152 Å². The van der Waals surface area contributed by atoms with E-state index in [1.54, 1.807) is 0 Å². The van der Waals surface area contributed by atoms with Crippen LogP contribution in [0.3, 0.4) is 0 Å². The van der Waals surface area contributed by atoms with Crippen LogP contribution in [-0.4, -0.2) is 89.0 Å². The summed E-state index contributed by atoms with van der Waals surface area (Å²) >= 11 is 0. The predicted octanol–water partition coefficient (Wildman–Crippen LogP) is 8.61. The molecule has 2 unspecified atom stereocenters. The number of unbranched alkanes of at least 4 members (excludes halogenated alkanes) is 25. The van der Waals surface area contributed by atoms with Crippen molar-refractivity contribution in [2.24, 2.45) is 0 Å². The summed E-state index contributed by atoms with van der Waals surface area (Å²) in [5.41, 5.74) is 0. The van der Waals surface area contributed by atoms with E-state index < -0.39 is 49.4 Å².